The molecule has 0 heterocycles. The summed E-state index contributed by atoms with van der Waals surface area (Å²) in [5, 5.41) is 18.2. The molecule has 0 radical (unpaired) electrons. The zero-order valence-corrected chi connectivity index (χ0v) is 13.9. The summed E-state index contributed by atoms with van der Waals surface area (Å²) >= 11 is 0. The number of allylic oxidation sites excluding steroid dienone is 1. The Hall–Kier alpha value is -1.16. The first kappa shape index (κ1) is 20.8. The molecule has 2 N–H and O–H groups in total. The fourth-order valence-corrected chi connectivity index (χ4v) is 2.28. The molecule has 0 unspecified atom stereocenters. The third-order valence-corrected chi connectivity index (χ3v) is 3.67. The SMILES string of the molecule is CCCCC[C@H](O)/C=C/C(=O)CCCCCCCCC(=O)O. The molecule has 0 saturated carbocycles. The minimum Gasteiger partial charge on any atom is -0.481 e. The molecule has 0 spiro atoms. The summed E-state index contributed by atoms with van der Waals surface area (Å²) in [5.41, 5.74) is 0. The van der Waals surface area contributed by atoms with Crippen LogP contribution in [0.3, 0.4) is 0 Å². The van der Waals surface area contributed by atoms with E-state index in [2.05, 4.69) is 6.92 Å². The van der Waals surface area contributed by atoms with E-state index in [0.29, 0.717) is 6.42 Å². The highest BCUT2D eigenvalue weighted by Crippen LogP contribution is 2.09. The maximum Gasteiger partial charge on any atom is 0.303 e. The van der Waals surface area contributed by atoms with Gasteiger partial charge in [0.05, 0.1) is 6.10 Å². The van der Waals surface area contributed by atoms with Crippen molar-refractivity contribution in [2.75, 3.05) is 0 Å². The van der Waals surface area contributed by atoms with Gasteiger partial charge in [0, 0.05) is 12.8 Å². The topological polar surface area (TPSA) is 74.6 Å². The largest absolute Gasteiger partial charge is 0.481 e. The number of carboxylic acids is 1. The van der Waals surface area contributed by atoms with Crippen molar-refractivity contribution in [3.8, 4) is 0 Å². The number of carbonyl (C=O) groups excluding carboxylic acids is 1. The van der Waals surface area contributed by atoms with Crippen LogP contribution in [0.1, 0.15) is 84.0 Å². The molecule has 0 bridgehead atoms. The van der Waals surface area contributed by atoms with Crippen molar-refractivity contribution in [2.24, 2.45) is 0 Å². The van der Waals surface area contributed by atoms with Crippen molar-refractivity contribution >= 4 is 11.8 Å². The van der Waals surface area contributed by atoms with Crippen LogP contribution in [0.2, 0.25) is 0 Å². The Balaban J connectivity index is 3.47. The fraction of sp³-hybridized carbons (Fsp3) is 0.778. The van der Waals surface area contributed by atoms with Crippen molar-refractivity contribution in [3.05, 3.63) is 12.2 Å². The number of hydrogen-bond donors (Lipinski definition) is 2. The third kappa shape index (κ3) is 15.2. The number of unbranched alkanes of at least 4 members (excludes halogenated alkanes) is 7. The fourth-order valence-electron chi connectivity index (χ4n) is 2.28. The quantitative estimate of drug-likeness (QED) is 0.350. The van der Waals surface area contributed by atoms with Gasteiger partial charge in [0.15, 0.2) is 5.78 Å². The highest BCUT2D eigenvalue weighted by atomic mass is 16.4. The summed E-state index contributed by atoms with van der Waals surface area (Å²) < 4.78 is 0. The van der Waals surface area contributed by atoms with Gasteiger partial charge < -0.3 is 10.2 Å². The van der Waals surface area contributed by atoms with Crippen molar-refractivity contribution in [1.29, 1.82) is 0 Å². The minimum atomic E-state index is -0.728. The monoisotopic (exact) mass is 312 g/mol. The van der Waals surface area contributed by atoms with Gasteiger partial charge in [0.1, 0.15) is 0 Å². The van der Waals surface area contributed by atoms with E-state index in [9.17, 15) is 14.7 Å². The number of carbonyl (C=O) groups is 2. The van der Waals surface area contributed by atoms with Gasteiger partial charge in [-0.3, -0.25) is 9.59 Å². The molecule has 1 atom stereocenters. The molecule has 0 aromatic carbocycles. The molecule has 128 valence electrons. The molecule has 0 saturated heterocycles. The molecule has 0 aliphatic rings. The predicted octanol–water partition coefficient (Wildman–Crippen LogP) is 4.26. The van der Waals surface area contributed by atoms with Crippen LogP contribution in [0, 0.1) is 0 Å². The molecule has 0 aliphatic carbocycles. The van der Waals surface area contributed by atoms with E-state index in [4.69, 9.17) is 5.11 Å². The van der Waals surface area contributed by atoms with Gasteiger partial charge in [0.2, 0.25) is 0 Å². The molecular weight excluding hydrogens is 280 g/mol. The van der Waals surface area contributed by atoms with E-state index in [1.54, 1.807) is 6.08 Å². The Morgan fingerprint density at radius 2 is 1.50 bits per heavy atom. The lowest BCUT2D eigenvalue weighted by Gasteiger charge is -2.04. The van der Waals surface area contributed by atoms with Crippen LogP contribution in [-0.2, 0) is 9.59 Å². The minimum absolute atomic E-state index is 0.0837. The third-order valence-electron chi connectivity index (χ3n) is 3.67. The van der Waals surface area contributed by atoms with Crippen LogP contribution in [0.5, 0.6) is 0 Å². The zero-order chi connectivity index (χ0) is 16.6. The molecule has 4 heteroatoms. The van der Waals surface area contributed by atoms with E-state index in [1.807, 2.05) is 0 Å². The normalized spacial score (nSPS) is 12.6. The lowest BCUT2D eigenvalue weighted by Crippen LogP contribution is -2.03. The van der Waals surface area contributed by atoms with Crippen molar-refractivity contribution < 1.29 is 19.8 Å². The van der Waals surface area contributed by atoms with Crippen LogP contribution in [0.15, 0.2) is 12.2 Å². The van der Waals surface area contributed by atoms with Crippen LogP contribution in [0.4, 0.5) is 0 Å². The summed E-state index contributed by atoms with van der Waals surface area (Å²) in [5.74, 6) is -0.644. The highest BCUT2D eigenvalue weighted by molar-refractivity contribution is 5.89. The molecular formula is C18H32O4. The summed E-state index contributed by atoms with van der Waals surface area (Å²) in [6.07, 6.45) is 13.1. The van der Waals surface area contributed by atoms with Gasteiger partial charge in [-0.1, -0.05) is 57.9 Å². The maximum atomic E-state index is 11.6. The first-order valence-electron chi connectivity index (χ1n) is 8.67. The standard InChI is InChI=1S/C18H32O4/c1-2-3-8-11-16(19)14-15-17(20)12-9-6-4-5-7-10-13-18(21)22/h14-16,19H,2-13H2,1H3,(H,21,22)/b15-14+/t16-/m0/s1. The van der Waals surface area contributed by atoms with E-state index >= 15 is 0 Å². The predicted molar refractivity (Wildman–Crippen MR) is 88.9 cm³/mol. The van der Waals surface area contributed by atoms with Gasteiger partial charge in [0.25, 0.3) is 0 Å². The Kier molecular flexibility index (Phi) is 14.0. The van der Waals surface area contributed by atoms with Crippen LogP contribution >= 0.6 is 0 Å². The van der Waals surface area contributed by atoms with Crippen LogP contribution < -0.4 is 0 Å². The molecule has 0 aromatic rings. The number of aliphatic hydroxyl groups excluding tert-OH is 1. The molecule has 0 amide bonds. The van der Waals surface area contributed by atoms with Gasteiger partial charge in [-0.25, -0.2) is 0 Å². The van der Waals surface area contributed by atoms with Gasteiger partial charge in [-0.15, -0.1) is 0 Å². The molecule has 4 nitrogen and oxygen atoms in total. The number of rotatable bonds is 15. The van der Waals surface area contributed by atoms with Crippen LogP contribution in [0.25, 0.3) is 0 Å². The number of carboxylic acid groups (broad SMARTS) is 1. The molecule has 0 fully saturated rings. The summed E-state index contributed by atoms with van der Waals surface area (Å²) in [4.78, 5) is 22.0. The van der Waals surface area contributed by atoms with Gasteiger partial charge >= 0.3 is 5.97 Å². The number of hydrogen-bond acceptors (Lipinski definition) is 3. The van der Waals surface area contributed by atoms with Crippen LogP contribution in [-0.4, -0.2) is 28.1 Å². The smallest absolute Gasteiger partial charge is 0.303 e. The Bertz CT molecular complexity index is 323. The second-order valence-corrected chi connectivity index (χ2v) is 5.90. The zero-order valence-electron chi connectivity index (χ0n) is 13.9. The molecule has 0 aromatic heterocycles. The Labute approximate surface area is 134 Å². The number of ketones is 1. The number of aliphatic carboxylic acids is 1. The van der Waals surface area contributed by atoms with Crippen molar-refractivity contribution in [1.82, 2.24) is 0 Å². The Morgan fingerprint density at radius 3 is 2.09 bits per heavy atom. The molecule has 22 heavy (non-hydrogen) atoms. The summed E-state index contributed by atoms with van der Waals surface area (Å²) in [7, 11) is 0. The van der Waals surface area contributed by atoms with Gasteiger partial charge in [-0.2, -0.15) is 0 Å². The van der Waals surface area contributed by atoms with E-state index in [1.165, 1.54) is 6.08 Å². The average molecular weight is 312 g/mol. The lowest BCUT2D eigenvalue weighted by atomic mass is 10.1. The van der Waals surface area contributed by atoms with Gasteiger partial charge in [-0.05, 0) is 25.3 Å². The first-order valence-corrected chi connectivity index (χ1v) is 8.67. The highest BCUT2D eigenvalue weighted by Gasteiger charge is 2.02. The molecule has 0 aliphatic heterocycles. The number of aliphatic hydroxyl groups is 1. The second-order valence-electron chi connectivity index (χ2n) is 5.90. The molecule has 0 rings (SSSR count). The summed E-state index contributed by atoms with van der Waals surface area (Å²) in [6, 6.07) is 0. The van der Waals surface area contributed by atoms with Crippen molar-refractivity contribution in [2.45, 2.75) is 90.1 Å². The first-order chi connectivity index (χ1) is 10.6. The average Bonchev–Trinajstić information content (AvgIpc) is 2.47. The Morgan fingerprint density at radius 1 is 0.909 bits per heavy atom. The summed E-state index contributed by atoms with van der Waals surface area (Å²) in [6.45, 7) is 2.12. The lowest BCUT2D eigenvalue weighted by molar-refractivity contribution is -0.137. The van der Waals surface area contributed by atoms with E-state index in [-0.39, 0.29) is 12.2 Å². The maximum absolute atomic E-state index is 11.6. The van der Waals surface area contributed by atoms with E-state index < -0.39 is 12.1 Å². The van der Waals surface area contributed by atoms with E-state index in [0.717, 1.165) is 64.2 Å². The second kappa shape index (κ2) is 14.8. The van der Waals surface area contributed by atoms with Crippen molar-refractivity contribution in [3.63, 3.8) is 0 Å².